The smallest absolute Gasteiger partial charge is 0.318 e. The lowest BCUT2D eigenvalue weighted by molar-refractivity contribution is -0.137. The summed E-state index contributed by atoms with van der Waals surface area (Å²) in [5.41, 5.74) is 0. The number of sulfonamides is 1. The van der Waals surface area contributed by atoms with Crippen molar-refractivity contribution in [1.82, 2.24) is 19.3 Å². The lowest BCUT2D eigenvalue weighted by atomic mass is 10.2. The van der Waals surface area contributed by atoms with Gasteiger partial charge >= 0.3 is 5.97 Å². The van der Waals surface area contributed by atoms with E-state index in [0.29, 0.717) is 6.42 Å². The minimum absolute atomic E-state index is 0.0636. The number of aryl methyl sites for hydroxylation is 1. The molecule has 1 aromatic heterocycles. The third-order valence-corrected chi connectivity index (χ3v) is 5.51. The molecule has 1 N–H and O–H groups in total. The van der Waals surface area contributed by atoms with Gasteiger partial charge in [-0.3, -0.25) is 4.79 Å². The van der Waals surface area contributed by atoms with Gasteiger partial charge in [0.05, 0.1) is 0 Å². The first-order valence-electron chi connectivity index (χ1n) is 5.50. The Hall–Kier alpha value is -1.00. The molecule has 0 aliphatic carbocycles. The predicted octanol–water partition coefficient (Wildman–Crippen LogP) is 0.451. The summed E-state index contributed by atoms with van der Waals surface area (Å²) in [5.74, 6) is -1.21. The summed E-state index contributed by atoms with van der Waals surface area (Å²) in [6, 6.07) is -0.442. The van der Waals surface area contributed by atoms with Crippen molar-refractivity contribution in [2.24, 2.45) is 7.05 Å². The number of hydrogen-bond donors (Lipinski definition) is 1. The number of hydrogen-bond acceptors (Lipinski definition) is 5. The molecule has 8 nitrogen and oxygen atoms in total. The molecule has 1 atom stereocenters. The molecule has 1 unspecified atom stereocenters. The molecule has 0 saturated heterocycles. The van der Waals surface area contributed by atoms with E-state index in [0.717, 1.165) is 8.99 Å². The van der Waals surface area contributed by atoms with Crippen molar-refractivity contribution in [3.8, 4) is 0 Å². The van der Waals surface area contributed by atoms with E-state index in [-0.39, 0.29) is 9.63 Å². The second-order valence-corrected chi connectivity index (χ2v) is 6.57. The first-order chi connectivity index (χ1) is 8.71. The van der Waals surface area contributed by atoms with E-state index in [9.17, 15) is 13.2 Å². The maximum atomic E-state index is 12.5. The average molecular weight is 355 g/mol. The molecule has 0 aliphatic rings. The highest BCUT2D eigenvalue weighted by molar-refractivity contribution is 9.10. The van der Waals surface area contributed by atoms with Crippen LogP contribution in [0.25, 0.3) is 0 Å². The van der Waals surface area contributed by atoms with Crippen molar-refractivity contribution in [3.05, 3.63) is 4.60 Å². The summed E-state index contributed by atoms with van der Waals surface area (Å²) in [6.07, 6.45) is 0.495. The number of halogens is 1. The van der Waals surface area contributed by atoms with E-state index < -0.39 is 28.6 Å². The van der Waals surface area contributed by atoms with E-state index in [1.54, 1.807) is 13.8 Å². The van der Waals surface area contributed by atoms with Crippen LogP contribution in [0.4, 0.5) is 0 Å². The highest BCUT2D eigenvalue weighted by Gasteiger charge is 2.34. The zero-order valence-corrected chi connectivity index (χ0v) is 13.1. The van der Waals surface area contributed by atoms with Crippen LogP contribution in [0.2, 0.25) is 0 Å². The van der Waals surface area contributed by atoms with Gasteiger partial charge in [0.1, 0.15) is 6.54 Å². The molecule has 0 spiro atoms. The number of carboxylic acid groups (broad SMARTS) is 1. The molecule has 0 bridgehead atoms. The van der Waals surface area contributed by atoms with E-state index in [1.807, 2.05) is 0 Å². The van der Waals surface area contributed by atoms with Crippen LogP contribution in [-0.4, -0.2) is 51.4 Å². The van der Waals surface area contributed by atoms with Gasteiger partial charge in [-0.25, -0.2) is 13.1 Å². The lowest BCUT2D eigenvalue weighted by Gasteiger charge is -2.25. The van der Waals surface area contributed by atoms with Crippen LogP contribution in [0, 0.1) is 0 Å². The Morgan fingerprint density at radius 3 is 2.53 bits per heavy atom. The maximum absolute atomic E-state index is 12.5. The van der Waals surface area contributed by atoms with E-state index in [4.69, 9.17) is 5.11 Å². The van der Waals surface area contributed by atoms with Crippen LogP contribution in [0.3, 0.4) is 0 Å². The molecule has 0 amide bonds. The molecule has 1 rings (SSSR count). The van der Waals surface area contributed by atoms with Crippen LogP contribution in [0.1, 0.15) is 20.3 Å². The van der Waals surface area contributed by atoms with Crippen LogP contribution in [-0.2, 0) is 21.9 Å². The Balaban J connectivity index is 3.31. The molecule has 0 aromatic carbocycles. The van der Waals surface area contributed by atoms with E-state index in [1.165, 1.54) is 7.05 Å². The number of carboxylic acids is 1. The predicted molar refractivity (Wildman–Crippen MR) is 70.0 cm³/mol. The monoisotopic (exact) mass is 354 g/mol. The van der Waals surface area contributed by atoms with Gasteiger partial charge in [0, 0.05) is 13.1 Å². The quantitative estimate of drug-likeness (QED) is 0.794. The van der Waals surface area contributed by atoms with Gasteiger partial charge in [0.2, 0.25) is 5.03 Å². The molecule has 1 heterocycles. The molecule has 19 heavy (non-hydrogen) atoms. The third kappa shape index (κ3) is 3.31. The van der Waals surface area contributed by atoms with E-state index in [2.05, 4.69) is 26.2 Å². The Kier molecular flexibility index (Phi) is 5.04. The number of carbonyl (C=O) groups is 1. The summed E-state index contributed by atoms with van der Waals surface area (Å²) in [6.45, 7) is 2.83. The van der Waals surface area contributed by atoms with Gasteiger partial charge in [0.25, 0.3) is 10.0 Å². The minimum Gasteiger partial charge on any atom is -0.480 e. The van der Waals surface area contributed by atoms with Crippen molar-refractivity contribution in [2.45, 2.75) is 31.3 Å². The highest BCUT2D eigenvalue weighted by atomic mass is 79.9. The number of rotatable bonds is 6. The van der Waals surface area contributed by atoms with Crippen molar-refractivity contribution in [1.29, 1.82) is 0 Å². The Bertz CT molecular complexity index is 551. The Labute approximate surface area is 119 Å². The van der Waals surface area contributed by atoms with Crippen molar-refractivity contribution in [2.75, 3.05) is 6.54 Å². The normalized spacial score (nSPS) is 13.7. The molecule has 0 radical (unpaired) electrons. The summed E-state index contributed by atoms with van der Waals surface area (Å²) in [5, 5.41) is 15.9. The first kappa shape index (κ1) is 16.1. The molecule has 1 aromatic rings. The first-order valence-corrected chi connectivity index (χ1v) is 7.73. The summed E-state index contributed by atoms with van der Waals surface area (Å²) in [4.78, 5) is 10.9. The molecular formula is C9H15BrN4O4S. The van der Waals surface area contributed by atoms with Crippen LogP contribution in [0.15, 0.2) is 9.63 Å². The van der Waals surface area contributed by atoms with Crippen molar-refractivity contribution < 1.29 is 18.3 Å². The average Bonchev–Trinajstić information content (AvgIpc) is 2.65. The van der Waals surface area contributed by atoms with Crippen LogP contribution >= 0.6 is 15.9 Å². The zero-order chi connectivity index (χ0) is 14.8. The fourth-order valence-electron chi connectivity index (χ4n) is 1.52. The number of aliphatic carboxylic acids is 1. The number of aromatic nitrogens is 3. The molecule has 0 fully saturated rings. The fourth-order valence-corrected chi connectivity index (χ4v) is 4.21. The maximum Gasteiger partial charge on any atom is 0.318 e. The van der Waals surface area contributed by atoms with E-state index >= 15 is 0 Å². The lowest BCUT2D eigenvalue weighted by Crippen LogP contribution is -2.42. The highest BCUT2D eigenvalue weighted by Crippen LogP contribution is 2.24. The topological polar surface area (TPSA) is 105 Å². The fraction of sp³-hybridized carbons (Fsp3) is 0.667. The molecular weight excluding hydrogens is 340 g/mol. The molecule has 108 valence electrons. The van der Waals surface area contributed by atoms with Crippen LogP contribution < -0.4 is 0 Å². The summed E-state index contributed by atoms with van der Waals surface area (Å²) < 4.78 is 27.1. The standard InChI is InChI=1S/C9H15BrN4O4S/c1-4-6(2)14(5-7(15)16)19(17,18)9-8(10)11-12-13(9)3/h6H,4-5H2,1-3H3,(H,15,16). The van der Waals surface area contributed by atoms with Gasteiger partial charge in [0.15, 0.2) is 4.60 Å². The third-order valence-electron chi connectivity index (χ3n) is 2.66. The Morgan fingerprint density at radius 2 is 2.16 bits per heavy atom. The van der Waals surface area contributed by atoms with Crippen molar-refractivity contribution >= 4 is 31.9 Å². The number of nitrogens with zero attached hydrogens (tertiary/aromatic N) is 4. The summed E-state index contributed by atoms with van der Waals surface area (Å²) in [7, 11) is -2.55. The second-order valence-electron chi connectivity index (χ2n) is 4.01. The summed E-state index contributed by atoms with van der Waals surface area (Å²) >= 11 is 3.01. The molecule has 0 aliphatic heterocycles. The molecule has 0 saturated carbocycles. The largest absolute Gasteiger partial charge is 0.480 e. The molecule has 10 heteroatoms. The SMILES string of the molecule is CCC(C)N(CC(=O)O)S(=O)(=O)c1c(Br)nnn1C. The van der Waals surface area contributed by atoms with Gasteiger partial charge in [-0.05, 0) is 29.3 Å². The van der Waals surface area contributed by atoms with Gasteiger partial charge in [-0.15, -0.1) is 5.10 Å². The minimum atomic E-state index is -3.98. The zero-order valence-electron chi connectivity index (χ0n) is 10.7. The van der Waals surface area contributed by atoms with Crippen LogP contribution in [0.5, 0.6) is 0 Å². The Morgan fingerprint density at radius 1 is 1.58 bits per heavy atom. The van der Waals surface area contributed by atoms with Gasteiger partial charge in [-0.2, -0.15) is 4.31 Å². The van der Waals surface area contributed by atoms with Gasteiger partial charge < -0.3 is 5.11 Å². The van der Waals surface area contributed by atoms with Gasteiger partial charge in [-0.1, -0.05) is 12.1 Å². The van der Waals surface area contributed by atoms with Crippen molar-refractivity contribution in [3.63, 3.8) is 0 Å². The second kappa shape index (κ2) is 5.97.